The van der Waals surface area contributed by atoms with Crippen molar-refractivity contribution in [2.24, 2.45) is 0 Å². The second kappa shape index (κ2) is 4.79. The summed E-state index contributed by atoms with van der Waals surface area (Å²) < 4.78 is 42.4. The van der Waals surface area contributed by atoms with E-state index in [0.717, 1.165) is 19.2 Å². The number of esters is 1. The molecule has 2 nitrogen and oxygen atoms in total. The number of rotatable bonds is 2. The first-order valence-electron chi connectivity index (χ1n) is 4.42. The van der Waals surface area contributed by atoms with E-state index in [1.165, 1.54) is 6.07 Å². The summed E-state index contributed by atoms with van der Waals surface area (Å²) in [5, 5.41) is -0.199. The highest BCUT2D eigenvalue weighted by molar-refractivity contribution is 6.34. The first-order valence-corrected chi connectivity index (χ1v) is 4.80. The molecule has 0 aromatic heterocycles. The minimum absolute atomic E-state index is 0.199. The summed E-state index contributed by atoms with van der Waals surface area (Å²) in [5.74, 6) is -0.955. The molecule has 17 heavy (non-hydrogen) atoms. The molecular formula is C11H8ClF3O2. The van der Waals surface area contributed by atoms with E-state index in [2.05, 4.69) is 11.3 Å². The molecule has 0 N–H and O–H groups in total. The molecule has 1 rings (SSSR count). The smallest absolute Gasteiger partial charge is 0.417 e. The topological polar surface area (TPSA) is 26.3 Å². The molecule has 6 heteroatoms. The van der Waals surface area contributed by atoms with Crippen LogP contribution in [-0.4, -0.2) is 13.1 Å². The van der Waals surface area contributed by atoms with Gasteiger partial charge in [0.1, 0.15) is 0 Å². The normalized spacial score (nSPS) is 11.1. The third-order valence-corrected chi connectivity index (χ3v) is 2.37. The van der Waals surface area contributed by atoms with Crippen LogP contribution in [0.3, 0.4) is 0 Å². The Morgan fingerprint density at radius 2 is 2.00 bits per heavy atom. The predicted octanol–water partition coefficient (Wildman–Crippen LogP) is 3.55. The van der Waals surface area contributed by atoms with Gasteiger partial charge < -0.3 is 4.74 Å². The zero-order chi connectivity index (χ0) is 13.2. The van der Waals surface area contributed by atoms with Crippen LogP contribution in [0.1, 0.15) is 11.1 Å². The van der Waals surface area contributed by atoms with Crippen LogP contribution in [0, 0.1) is 0 Å². The summed E-state index contributed by atoms with van der Waals surface area (Å²) in [6.45, 7) is 3.27. The zero-order valence-corrected chi connectivity index (χ0v) is 9.52. The Morgan fingerprint density at radius 1 is 1.41 bits per heavy atom. The number of ether oxygens (including phenoxy) is 1. The van der Waals surface area contributed by atoms with Gasteiger partial charge in [-0.1, -0.05) is 24.2 Å². The second-order valence-corrected chi connectivity index (χ2v) is 3.54. The molecular weight excluding hydrogens is 257 g/mol. The maximum Gasteiger partial charge on any atom is 0.417 e. The first-order chi connectivity index (χ1) is 7.79. The first kappa shape index (κ1) is 13.6. The molecule has 0 aliphatic carbocycles. The van der Waals surface area contributed by atoms with Crippen molar-refractivity contribution < 1.29 is 22.7 Å². The van der Waals surface area contributed by atoms with Gasteiger partial charge in [0, 0.05) is 10.6 Å². The fourth-order valence-electron chi connectivity index (χ4n) is 1.29. The number of benzene rings is 1. The van der Waals surface area contributed by atoms with Crippen LogP contribution in [0.15, 0.2) is 24.8 Å². The highest BCUT2D eigenvalue weighted by Gasteiger charge is 2.35. The van der Waals surface area contributed by atoms with Crippen molar-refractivity contribution >= 4 is 23.1 Å². The zero-order valence-electron chi connectivity index (χ0n) is 8.77. The van der Waals surface area contributed by atoms with E-state index in [0.29, 0.717) is 0 Å². The Hall–Kier alpha value is -1.49. The SMILES string of the molecule is C=C(C(=O)OC)c1c(Cl)cccc1C(F)(F)F. The number of carbonyl (C=O) groups is 1. The molecule has 0 saturated carbocycles. The van der Waals surface area contributed by atoms with Gasteiger partial charge in [0.25, 0.3) is 0 Å². The van der Waals surface area contributed by atoms with Crippen LogP contribution in [0.25, 0.3) is 5.57 Å². The molecule has 0 spiro atoms. The standard InChI is InChI=1S/C11H8ClF3O2/c1-6(10(16)17-2)9-7(11(13,14)15)4-3-5-8(9)12/h3-5H,1H2,2H3. The molecule has 0 unspecified atom stereocenters. The maximum absolute atomic E-state index is 12.7. The molecule has 0 radical (unpaired) electrons. The highest BCUT2D eigenvalue weighted by atomic mass is 35.5. The molecule has 1 aromatic carbocycles. The Balaban J connectivity index is 3.41. The van der Waals surface area contributed by atoms with Crippen LogP contribution >= 0.6 is 11.6 Å². The third kappa shape index (κ3) is 2.79. The van der Waals surface area contributed by atoms with E-state index in [-0.39, 0.29) is 5.02 Å². The molecule has 0 aliphatic heterocycles. The highest BCUT2D eigenvalue weighted by Crippen LogP contribution is 2.38. The van der Waals surface area contributed by atoms with Gasteiger partial charge in [-0.25, -0.2) is 4.79 Å². The van der Waals surface area contributed by atoms with Gasteiger partial charge in [0.05, 0.1) is 18.2 Å². The number of hydrogen-bond donors (Lipinski definition) is 0. The molecule has 0 aliphatic rings. The summed E-state index contributed by atoms with van der Waals surface area (Å²) in [5.41, 5.74) is -1.89. The largest absolute Gasteiger partial charge is 0.465 e. The van der Waals surface area contributed by atoms with Crippen LogP contribution in [0.2, 0.25) is 5.02 Å². The predicted molar refractivity (Wildman–Crippen MR) is 57.5 cm³/mol. The summed E-state index contributed by atoms with van der Waals surface area (Å²) >= 11 is 5.66. The van der Waals surface area contributed by atoms with Crippen LogP contribution in [-0.2, 0) is 15.7 Å². The van der Waals surface area contributed by atoms with Gasteiger partial charge in [0.15, 0.2) is 0 Å². The minimum Gasteiger partial charge on any atom is -0.465 e. The fourth-order valence-corrected chi connectivity index (χ4v) is 1.58. The molecule has 0 amide bonds. The monoisotopic (exact) mass is 264 g/mol. The summed E-state index contributed by atoms with van der Waals surface area (Å²) in [4.78, 5) is 11.2. The Labute approximate surface area is 101 Å². The molecule has 0 bridgehead atoms. The number of alkyl halides is 3. The van der Waals surface area contributed by atoms with Crippen molar-refractivity contribution in [3.63, 3.8) is 0 Å². The average molecular weight is 265 g/mol. The molecule has 0 heterocycles. The summed E-state index contributed by atoms with van der Waals surface area (Å²) in [6.07, 6.45) is -4.61. The lowest BCUT2D eigenvalue weighted by molar-refractivity contribution is -0.138. The van der Waals surface area contributed by atoms with Gasteiger partial charge in [-0.15, -0.1) is 0 Å². The minimum atomic E-state index is -4.61. The molecule has 0 saturated heterocycles. The van der Waals surface area contributed by atoms with Crippen LogP contribution in [0.4, 0.5) is 13.2 Å². The third-order valence-electron chi connectivity index (χ3n) is 2.05. The van der Waals surface area contributed by atoms with E-state index in [9.17, 15) is 18.0 Å². The van der Waals surface area contributed by atoms with Crippen molar-refractivity contribution in [3.05, 3.63) is 40.9 Å². The van der Waals surface area contributed by atoms with E-state index >= 15 is 0 Å². The van der Waals surface area contributed by atoms with Crippen molar-refractivity contribution in [2.75, 3.05) is 7.11 Å². The summed E-state index contributed by atoms with van der Waals surface area (Å²) in [7, 11) is 1.05. The van der Waals surface area contributed by atoms with Crippen molar-refractivity contribution in [2.45, 2.75) is 6.18 Å². The Morgan fingerprint density at radius 3 is 2.47 bits per heavy atom. The molecule has 0 atom stereocenters. The number of carbonyl (C=O) groups excluding carboxylic acids is 1. The van der Waals surface area contributed by atoms with E-state index in [1.807, 2.05) is 0 Å². The van der Waals surface area contributed by atoms with Crippen molar-refractivity contribution in [1.29, 1.82) is 0 Å². The van der Waals surface area contributed by atoms with Gasteiger partial charge >= 0.3 is 12.1 Å². The van der Waals surface area contributed by atoms with Crippen molar-refractivity contribution in [3.8, 4) is 0 Å². The molecule has 92 valence electrons. The maximum atomic E-state index is 12.7. The lowest BCUT2D eigenvalue weighted by Gasteiger charge is -2.14. The quantitative estimate of drug-likeness (QED) is 0.603. The van der Waals surface area contributed by atoms with Gasteiger partial charge in [-0.3, -0.25) is 0 Å². The number of hydrogen-bond acceptors (Lipinski definition) is 2. The van der Waals surface area contributed by atoms with Crippen molar-refractivity contribution in [1.82, 2.24) is 0 Å². The number of halogens is 4. The lowest BCUT2D eigenvalue weighted by atomic mass is 10.0. The number of methoxy groups -OCH3 is 1. The summed E-state index contributed by atoms with van der Waals surface area (Å²) in [6, 6.07) is 3.23. The van der Waals surface area contributed by atoms with Gasteiger partial charge in [-0.05, 0) is 12.1 Å². The van der Waals surface area contributed by atoms with Crippen LogP contribution < -0.4 is 0 Å². The Kier molecular flexibility index (Phi) is 3.83. The second-order valence-electron chi connectivity index (χ2n) is 3.13. The van der Waals surface area contributed by atoms with E-state index in [4.69, 9.17) is 11.6 Å². The van der Waals surface area contributed by atoms with Crippen LogP contribution in [0.5, 0.6) is 0 Å². The van der Waals surface area contributed by atoms with Gasteiger partial charge in [-0.2, -0.15) is 13.2 Å². The average Bonchev–Trinajstić information content (AvgIpc) is 2.25. The molecule has 0 fully saturated rings. The van der Waals surface area contributed by atoms with Gasteiger partial charge in [0.2, 0.25) is 0 Å². The molecule has 1 aromatic rings. The van der Waals surface area contributed by atoms with E-state index < -0.39 is 28.8 Å². The lowest BCUT2D eigenvalue weighted by Crippen LogP contribution is -2.12. The fraction of sp³-hybridized carbons (Fsp3) is 0.182. The Bertz CT molecular complexity index is 466. The van der Waals surface area contributed by atoms with E-state index in [1.54, 1.807) is 0 Å².